The average Bonchev–Trinajstić information content (AvgIpc) is 2.37. The zero-order valence-corrected chi connectivity index (χ0v) is 11.0. The largest absolute Gasteiger partial charge is 0.481 e. The van der Waals surface area contributed by atoms with Crippen LogP contribution in [0.15, 0.2) is 18.2 Å². The summed E-state index contributed by atoms with van der Waals surface area (Å²) in [5, 5.41) is 9.06. The molecule has 1 aliphatic rings. The van der Waals surface area contributed by atoms with Crippen molar-refractivity contribution in [2.45, 2.75) is 13.3 Å². The fourth-order valence-electron chi connectivity index (χ4n) is 2.53. The maximum atomic E-state index is 13.6. The number of piperidine rings is 1. The summed E-state index contributed by atoms with van der Waals surface area (Å²) in [5.74, 6) is -3.87. The minimum atomic E-state index is -0.964. The van der Waals surface area contributed by atoms with Crippen molar-refractivity contribution in [1.82, 2.24) is 4.90 Å². The molecule has 6 heteroatoms. The number of hydrogen-bond acceptors (Lipinski definition) is 2. The van der Waals surface area contributed by atoms with Crippen molar-refractivity contribution in [3.05, 3.63) is 35.4 Å². The van der Waals surface area contributed by atoms with Gasteiger partial charge in [-0.3, -0.25) is 9.59 Å². The van der Waals surface area contributed by atoms with E-state index in [1.807, 2.05) is 6.92 Å². The number of carbonyl (C=O) groups is 2. The van der Waals surface area contributed by atoms with Crippen LogP contribution in [0.3, 0.4) is 0 Å². The van der Waals surface area contributed by atoms with Crippen molar-refractivity contribution in [1.29, 1.82) is 0 Å². The van der Waals surface area contributed by atoms with Crippen LogP contribution in [0.1, 0.15) is 23.7 Å². The van der Waals surface area contributed by atoms with Gasteiger partial charge in [-0.05, 0) is 24.5 Å². The molecule has 0 radical (unpaired) electrons. The van der Waals surface area contributed by atoms with Gasteiger partial charge >= 0.3 is 5.97 Å². The molecule has 0 saturated carbocycles. The molecule has 0 aromatic heterocycles. The van der Waals surface area contributed by atoms with Crippen LogP contribution in [-0.4, -0.2) is 35.0 Å². The standard InChI is InChI=1S/C14H15F2NO3/c1-8-4-9(14(19)20)7-17(6-8)13(18)11-3-2-10(15)5-12(11)16/h2-3,5,8-9H,4,6-7H2,1H3,(H,19,20). The SMILES string of the molecule is CC1CC(C(=O)O)CN(C(=O)c2ccc(F)cc2F)C1. The Morgan fingerprint density at radius 1 is 1.30 bits per heavy atom. The lowest BCUT2D eigenvalue weighted by molar-refractivity contribution is -0.143. The third-order valence-electron chi connectivity index (χ3n) is 3.46. The van der Waals surface area contributed by atoms with Crippen LogP contribution in [0.5, 0.6) is 0 Å². The molecule has 2 unspecified atom stereocenters. The van der Waals surface area contributed by atoms with Gasteiger partial charge in [-0.25, -0.2) is 8.78 Å². The van der Waals surface area contributed by atoms with Gasteiger partial charge in [0.05, 0.1) is 11.5 Å². The topological polar surface area (TPSA) is 57.6 Å². The quantitative estimate of drug-likeness (QED) is 0.904. The zero-order chi connectivity index (χ0) is 14.9. The number of carbonyl (C=O) groups excluding carboxylic acids is 1. The Bertz CT molecular complexity index is 547. The van der Waals surface area contributed by atoms with E-state index in [0.29, 0.717) is 19.0 Å². The van der Waals surface area contributed by atoms with E-state index >= 15 is 0 Å². The maximum Gasteiger partial charge on any atom is 0.308 e. The fraction of sp³-hybridized carbons (Fsp3) is 0.429. The van der Waals surface area contributed by atoms with Gasteiger partial charge in [0.15, 0.2) is 0 Å². The Labute approximate surface area is 115 Å². The number of rotatable bonds is 2. The first-order valence-corrected chi connectivity index (χ1v) is 6.35. The monoisotopic (exact) mass is 283 g/mol. The van der Waals surface area contributed by atoms with Gasteiger partial charge in [0.2, 0.25) is 0 Å². The number of halogens is 2. The van der Waals surface area contributed by atoms with Gasteiger partial charge in [0.25, 0.3) is 5.91 Å². The van der Waals surface area contributed by atoms with Crippen LogP contribution in [0.25, 0.3) is 0 Å². The summed E-state index contributed by atoms with van der Waals surface area (Å²) in [7, 11) is 0. The molecule has 4 nitrogen and oxygen atoms in total. The predicted octanol–water partition coefficient (Wildman–Crippen LogP) is 2.15. The van der Waals surface area contributed by atoms with Crippen LogP contribution >= 0.6 is 0 Å². The van der Waals surface area contributed by atoms with Crippen molar-refractivity contribution >= 4 is 11.9 Å². The number of benzene rings is 1. The molecule has 1 heterocycles. The molecule has 20 heavy (non-hydrogen) atoms. The molecular formula is C14H15F2NO3. The van der Waals surface area contributed by atoms with Crippen molar-refractivity contribution in [2.24, 2.45) is 11.8 Å². The first-order chi connectivity index (χ1) is 9.38. The molecule has 1 N–H and O–H groups in total. The summed E-state index contributed by atoms with van der Waals surface area (Å²) in [5.41, 5.74) is -0.232. The summed E-state index contributed by atoms with van der Waals surface area (Å²) < 4.78 is 26.4. The van der Waals surface area contributed by atoms with Crippen LogP contribution in [0.4, 0.5) is 8.78 Å². The van der Waals surface area contributed by atoms with Crippen molar-refractivity contribution in [3.63, 3.8) is 0 Å². The van der Waals surface area contributed by atoms with Gasteiger partial charge in [0.1, 0.15) is 11.6 Å². The summed E-state index contributed by atoms with van der Waals surface area (Å²) in [4.78, 5) is 24.6. The van der Waals surface area contributed by atoms with Gasteiger partial charge in [-0.2, -0.15) is 0 Å². The lowest BCUT2D eigenvalue weighted by atomic mass is 9.90. The second-order valence-electron chi connectivity index (χ2n) is 5.21. The maximum absolute atomic E-state index is 13.6. The second kappa shape index (κ2) is 5.56. The van der Waals surface area contributed by atoms with E-state index in [1.54, 1.807) is 0 Å². The average molecular weight is 283 g/mol. The lowest BCUT2D eigenvalue weighted by Gasteiger charge is -2.34. The first-order valence-electron chi connectivity index (χ1n) is 6.35. The third kappa shape index (κ3) is 2.95. The Balaban J connectivity index is 2.21. The molecule has 0 bridgehead atoms. The fourth-order valence-corrected chi connectivity index (χ4v) is 2.53. The number of aliphatic carboxylic acids is 1. The molecule has 1 fully saturated rings. The molecule has 0 aliphatic carbocycles. The summed E-state index contributed by atoms with van der Waals surface area (Å²) in [6.07, 6.45) is 0.491. The highest BCUT2D eigenvalue weighted by Gasteiger charge is 2.33. The molecule has 2 rings (SSSR count). The summed E-state index contributed by atoms with van der Waals surface area (Å²) >= 11 is 0. The highest BCUT2D eigenvalue weighted by molar-refractivity contribution is 5.94. The van der Waals surface area contributed by atoms with E-state index in [4.69, 9.17) is 5.11 Å². The normalized spacial score (nSPS) is 22.6. The zero-order valence-electron chi connectivity index (χ0n) is 11.0. The Kier molecular flexibility index (Phi) is 4.01. The van der Waals surface area contributed by atoms with Crippen molar-refractivity contribution in [2.75, 3.05) is 13.1 Å². The minimum absolute atomic E-state index is 0.0253. The predicted molar refractivity (Wildman–Crippen MR) is 67.2 cm³/mol. The van der Waals surface area contributed by atoms with Crippen LogP contribution in [0.2, 0.25) is 0 Å². The number of amides is 1. The molecule has 1 aromatic carbocycles. The molecule has 0 spiro atoms. The number of carboxylic acids is 1. The van der Waals surface area contributed by atoms with Crippen molar-refractivity contribution in [3.8, 4) is 0 Å². The van der Waals surface area contributed by atoms with Crippen LogP contribution in [0, 0.1) is 23.5 Å². The molecule has 1 aliphatic heterocycles. The van der Waals surface area contributed by atoms with Gasteiger partial charge in [-0.1, -0.05) is 6.92 Å². The van der Waals surface area contributed by atoms with E-state index in [0.717, 1.165) is 12.1 Å². The number of likely N-dealkylation sites (tertiary alicyclic amines) is 1. The Morgan fingerprint density at radius 3 is 2.60 bits per heavy atom. The van der Waals surface area contributed by atoms with Crippen LogP contribution in [-0.2, 0) is 4.79 Å². The Hall–Kier alpha value is -1.98. The molecule has 1 aromatic rings. The molecule has 1 saturated heterocycles. The van der Waals surface area contributed by atoms with Crippen LogP contribution < -0.4 is 0 Å². The third-order valence-corrected chi connectivity index (χ3v) is 3.46. The summed E-state index contributed by atoms with van der Waals surface area (Å²) in [6.45, 7) is 2.27. The van der Waals surface area contributed by atoms with Gasteiger partial charge in [-0.15, -0.1) is 0 Å². The van der Waals surface area contributed by atoms with E-state index in [-0.39, 0.29) is 18.0 Å². The summed E-state index contributed by atoms with van der Waals surface area (Å²) in [6, 6.07) is 2.75. The molecular weight excluding hydrogens is 268 g/mol. The van der Waals surface area contributed by atoms with Gasteiger partial charge < -0.3 is 10.0 Å². The minimum Gasteiger partial charge on any atom is -0.481 e. The highest BCUT2D eigenvalue weighted by Crippen LogP contribution is 2.24. The number of carboxylic acid groups (broad SMARTS) is 1. The lowest BCUT2D eigenvalue weighted by Crippen LogP contribution is -2.45. The number of nitrogens with zero attached hydrogens (tertiary/aromatic N) is 1. The number of hydrogen-bond donors (Lipinski definition) is 1. The van der Waals surface area contributed by atoms with E-state index < -0.39 is 29.4 Å². The molecule has 2 atom stereocenters. The Morgan fingerprint density at radius 2 is 2.00 bits per heavy atom. The van der Waals surface area contributed by atoms with Crippen molar-refractivity contribution < 1.29 is 23.5 Å². The molecule has 108 valence electrons. The van der Waals surface area contributed by atoms with E-state index in [1.165, 1.54) is 4.90 Å². The second-order valence-corrected chi connectivity index (χ2v) is 5.21. The van der Waals surface area contributed by atoms with E-state index in [9.17, 15) is 18.4 Å². The molecule has 1 amide bonds. The van der Waals surface area contributed by atoms with E-state index in [2.05, 4.69) is 0 Å². The first kappa shape index (κ1) is 14.4. The smallest absolute Gasteiger partial charge is 0.308 e. The van der Waals surface area contributed by atoms with Gasteiger partial charge in [0, 0.05) is 19.2 Å². The highest BCUT2D eigenvalue weighted by atomic mass is 19.1.